The van der Waals surface area contributed by atoms with Crippen LogP contribution in [0.2, 0.25) is 0 Å². The van der Waals surface area contributed by atoms with Crippen LogP contribution < -0.4 is 9.46 Å². The van der Waals surface area contributed by atoms with Crippen LogP contribution in [0.25, 0.3) is 0 Å². The SMILES string of the molecule is COC(=O)c1c(NSc2ccccc2)ccc2c1OCC1OCCC21. The van der Waals surface area contributed by atoms with E-state index < -0.39 is 5.97 Å². The maximum atomic E-state index is 12.4. The third kappa shape index (κ3) is 3.07. The second kappa shape index (κ2) is 6.98. The summed E-state index contributed by atoms with van der Waals surface area (Å²) in [7, 11) is 1.39. The highest BCUT2D eigenvalue weighted by molar-refractivity contribution is 8.00. The predicted octanol–water partition coefficient (Wildman–Crippen LogP) is 3.86. The van der Waals surface area contributed by atoms with Gasteiger partial charge in [-0.2, -0.15) is 0 Å². The van der Waals surface area contributed by atoms with Gasteiger partial charge in [0.05, 0.1) is 18.9 Å². The summed E-state index contributed by atoms with van der Waals surface area (Å²) in [6.07, 6.45) is 1.03. The van der Waals surface area contributed by atoms with Crippen molar-refractivity contribution in [1.82, 2.24) is 0 Å². The molecule has 2 heterocycles. The molecule has 0 amide bonds. The van der Waals surface area contributed by atoms with E-state index in [1.165, 1.54) is 19.1 Å². The molecule has 2 atom stereocenters. The zero-order valence-electron chi connectivity index (χ0n) is 13.9. The molecule has 2 aromatic rings. The first-order valence-electron chi connectivity index (χ1n) is 8.25. The van der Waals surface area contributed by atoms with E-state index in [4.69, 9.17) is 14.2 Å². The summed E-state index contributed by atoms with van der Waals surface area (Å²) in [5.41, 5.74) is 2.18. The molecule has 2 unspecified atom stereocenters. The monoisotopic (exact) mass is 357 g/mol. The van der Waals surface area contributed by atoms with E-state index >= 15 is 0 Å². The van der Waals surface area contributed by atoms with Gasteiger partial charge in [-0.05, 0) is 36.6 Å². The smallest absolute Gasteiger partial charge is 0.343 e. The Morgan fingerprint density at radius 1 is 1.24 bits per heavy atom. The molecule has 25 heavy (non-hydrogen) atoms. The minimum Gasteiger partial charge on any atom is -0.490 e. The predicted molar refractivity (Wildman–Crippen MR) is 96.3 cm³/mol. The molecule has 4 rings (SSSR count). The van der Waals surface area contributed by atoms with Crippen LogP contribution in [0.3, 0.4) is 0 Å². The number of ether oxygens (including phenoxy) is 3. The van der Waals surface area contributed by atoms with Gasteiger partial charge in [0.25, 0.3) is 0 Å². The maximum absolute atomic E-state index is 12.4. The highest BCUT2D eigenvalue weighted by Gasteiger charge is 2.38. The molecular formula is C19H19NO4S. The molecule has 5 nitrogen and oxygen atoms in total. The molecule has 6 heteroatoms. The number of methoxy groups -OCH3 is 1. The average molecular weight is 357 g/mol. The zero-order valence-corrected chi connectivity index (χ0v) is 14.7. The molecule has 2 aromatic carbocycles. The first-order valence-corrected chi connectivity index (χ1v) is 9.07. The van der Waals surface area contributed by atoms with Crippen LogP contribution in [0.5, 0.6) is 5.75 Å². The van der Waals surface area contributed by atoms with Gasteiger partial charge >= 0.3 is 5.97 Å². The van der Waals surface area contributed by atoms with E-state index in [0.29, 0.717) is 23.6 Å². The van der Waals surface area contributed by atoms with Crippen LogP contribution in [0.1, 0.15) is 28.3 Å². The molecule has 1 fully saturated rings. The fraction of sp³-hybridized carbons (Fsp3) is 0.316. The molecule has 0 saturated carbocycles. The van der Waals surface area contributed by atoms with Gasteiger partial charge in [-0.25, -0.2) is 4.79 Å². The maximum Gasteiger partial charge on any atom is 0.343 e. The minimum atomic E-state index is -0.398. The van der Waals surface area contributed by atoms with Crippen molar-refractivity contribution < 1.29 is 19.0 Å². The number of carbonyl (C=O) groups is 1. The standard InChI is InChI=1S/C19H19NO4S/c1-22-19(21)17-15(20-25-12-5-3-2-4-6-12)8-7-14-13-9-10-23-16(13)11-24-18(14)17/h2-8,13,16,20H,9-11H2,1H3. The molecule has 130 valence electrons. The lowest BCUT2D eigenvalue weighted by Gasteiger charge is -2.29. The number of carbonyl (C=O) groups excluding carboxylic acids is 1. The molecule has 0 aromatic heterocycles. The number of benzene rings is 2. The van der Waals surface area contributed by atoms with Crippen LogP contribution in [0.15, 0.2) is 47.4 Å². The molecule has 2 aliphatic rings. The Hall–Kier alpha value is -2.18. The normalized spacial score (nSPS) is 21.0. The number of esters is 1. The fourth-order valence-corrected chi connectivity index (χ4v) is 4.06. The zero-order chi connectivity index (χ0) is 17.2. The van der Waals surface area contributed by atoms with Gasteiger partial charge in [-0.3, -0.25) is 0 Å². The van der Waals surface area contributed by atoms with Crippen molar-refractivity contribution in [2.75, 3.05) is 25.0 Å². The van der Waals surface area contributed by atoms with E-state index in [0.717, 1.165) is 23.5 Å². The largest absolute Gasteiger partial charge is 0.490 e. The van der Waals surface area contributed by atoms with Crippen molar-refractivity contribution in [3.05, 3.63) is 53.6 Å². The van der Waals surface area contributed by atoms with E-state index in [9.17, 15) is 4.79 Å². The Morgan fingerprint density at radius 2 is 2.08 bits per heavy atom. The second-order valence-electron chi connectivity index (χ2n) is 6.03. The number of anilines is 1. The summed E-state index contributed by atoms with van der Waals surface area (Å²) < 4.78 is 19.9. The number of hydrogen-bond donors (Lipinski definition) is 1. The lowest BCUT2D eigenvalue weighted by molar-refractivity contribution is 0.0469. The second-order valence-corrected chi connectivity index (χ2v) is 6.91. The Bertz CT molecular complexity index is 780. The molecule has 1 saturated heterocycles. The van der Waals surface area contributed by atoms with Gasteiger partial charge in [-0.1, -0.05) is 24.3 Å². The van der Waals surface area contributed by atoms with Crippen LogP contribution in [-0.4, -0.2) is 32.4 Å². The highest BCUT2D eigenvalue weighted by Crippen LogP contribution is 2.45. The van der Waals surface area contributed by atoms with Gasteiger partial charge in [0, 0.05) is 23.0 Å². The average Bonchev–Trinajstić information content (AvgIpc) is 3.15. The van der Waals surface area contributed by atoms with Crippen LogP contribution in [0.4, 0.5) is 5.69 Å². The number of rotatable bonds is 4. The van der Waals surface area contributed by atoms with Crippen molar-refractivity contribution in [1.29, 1.82) is 0 Å². The minimum absolute atomic E-state index is 0.0792. The van der Waals surface area contributed by atoms with Crippen LogP contribution in [0, 0.1) is 0 Å². The topological polar surface area (TPSA) is 56.8 Å². The first kappa shape index (κ1) is 16.3. The van der Waals surface area contributed by atoms with E-state index in [2.05, 4.69) is 4.72 Å². The summed E-state index contributed by atoms with van der Waals surface area (Å²) in [4.78, 5) is 13.5. The van der Waals surface area contributed by atoms with Gasteiger partial charge in [0.15, 0.2) is 0 Å². The summed E-state index contributed by atoms with van der Waals surface area (Å²) in [6.45, 7) is 1.20. The third-order valence-electron chi connectivity index (χ3n) is 4.60. The Kier molecular flexibility index (Phi) is 4.55. The molecular weight excluding hydrogens is 338 g/mol. The summed E-state index contributed by atoms with van der Waals surface area (Å²) >= 11 is 1.45. The molecule has 0 spiro atoms. The Labute approximate surface area is 150 Å². The van der Waals surface area contributed by atoms with E-state index in [1.54, 1.807) is 0 Å². The van der Waals surface area contributed by atoms with Crippen molar-refractivity contribution in [2.24, 2.45) is 0 Å². The summed E-state index contributed by atoms with van der Waals surface area (Å²) in [5, 5.41) is 0. The molecule has 0 bridgehead atoms. The number of hydrogen-bond acceptors (Lipinski definition) is 6. The Morgan fingerprint density at radius 3 is 2.88 bits per heavy atom. The van der Waals surface area contributed by atoms with Crippen LogP contribution >= 0.6 is 11.9 Å². The van der Waals surface area contributed by atoms with Crippen molar-refractivity contribution in [3.63, 3.8) is 0 Å². The number of fused-ring (bicyclic) bond motifs is 3. The lowest BCUT2D eigenvalue weighted by atomic mass is 9.88. The first-order chi connectivity index (χ1) is 12.3. The van der Waals surface area contributed by atoms with Crippen molar-refractivity contribution in [3.8, 4) is 5.75 Å². The number of nitrogens with one attached hydrogen (secondary N) is 1. The van der Waals surface area contributed by atoms with Crippen LogP contribution in [-0.2, 0) is 9.47 Å². The Balaban J connectivity index is 1.68. The fourth-order valence-electron chi connectivity index (χ4n) is 3.37. The highest BCUT2D eigenvalue weighted by atomic mass is 32.2. The lowest BCUT2D eigenvalue weighted by Crippen LogP contribution is -2.29. The van der Waals surface area contributed by atoms with E-state index in [1.807, 2.05) is 42.5 Å². The van der Waals surface area contributed by atoms with Gasteiger partial charge in [0.1, 0.15) is 17.9 Å². The molecule has 0 aliphatic carbocycles. The summed E-state index contributed by atoms with van der Waals surface area (Å²) in [6, 6.07) is 13.9. The van der Waals surface area contributed by atoms with Gasteiger partial charge < -0.3 is 18.9 Å². The quantitative estimate of drug-likeness (QED) is 0.662. The third-order valence-corrected chi connectivity index (χ3v) is 5.43. The van der Waals surface area contributed by atoms with Crippen molar-refractivity contribution in [2.45, 2.75) is 23.3 Å². The summed E-state index contributed by atoms with van der Waals surface area (Å²) in [5.74, 6) is 0.505. The molecule has 2 aliphatic heterocycles. The van der Waals surface area contributed by atoms with Gasteiger partial charge in [0.2, 0.25) is 0 Å². The van der Waals surface area contributed by atoms with E-state index in [-0.39, 0.29) is 12.0 Å². The molecule has 1 N–H and O–H groups in total. The molecule has 0 radical (unpaired) electrons. The van der Waals surface area contributed by atoms with Crippen molar-refractivity contribution >= 4 is 23.6 Å². The van der Waals surface area contributed by atoms with Gasteiger partial charge in [-0.15, -0.1) is 0 Å².